The minimum absolute atomic E-state index is 0. The van der Waals surface area contributed by atoms with E-state index in [-0.39, 0.29) is 25.5 Å². The number of fused-ring (bicyclic) bond motifs is 7. The van der Waals surface area contributed by atoms with E-state index < -0.39 is 8.07 Å². The zero-order valence-electron chi connectivity index (χ0n) is 34.1. The van der Waals surface area contributed by atoms with Gasteiger partial charge in [0.05, 0.1) is 30.5 Å². The van der Waals surface area contributed by atoms with Crippen molar-refractivity contribution in [3.63, 3.8) is 0 Å². The maximum Gasteiger partial charge on any atom is 0.120 e. The van der Waals surface area contributed by atoms with E-state index in [2.05, 4.69) is 160 Å². The summed E-state index contributed by atoms with van der Waals surface area (Å²) in [4.78, 5) is 9.81. The van der Waals surface area contributed by atoms with E-state index in [1.807, 2.05) is 48.5 Å². The number of nitrogens with zero attached hydrogens (tertiary/aromatic N) is 3. The molecule has 0 atom stereocenters. The Hall–Kier alpha value is -5.39. The van der Waals surface area contributed by atoms with E-state index >= 15 is 0 Å². The third-order valence-electron chi connectivity index (χ3n) is 11.4. The average Bonchev–Trinajstić information content (AvgIpc) is 3.86. The Morgan fingerprint density at radius 2 is 1.48 bits per heavy atom. The van der Waals surface area contributed by atoms with Gasteiger partial charge in [-0.05, 0) is 75.8 Å². The summed E-state index contributed by atoms with van der Waals surface area (Å²) in [5.41, 5.74) is 14.5. The molecule has 1 aliphatic carbocycles. The molecule has 6 heteroatoms. The summed E-state index contributed by atoms with van der Waals surface area (Å²) in [7, 11) is -1.34. The molecule has 0 aliphatic heterocycles. The molecule has 0 saturated carbocycles. The van der Waals surface area contributed by atoms with Gasteiger partial charge in [0.25, 0.3) is 0 Å². The number of benzene rings is 6. The van der Waals surface area contributed by atoms with Gasteiger partial charge >= 0.3 is 0 Å². The number of hydrogen-bond acceptors (Lipinski definition) is 3. The number of pyridine rings is 1. The van der Waals surface area contributed by atoms with Gasteiger partial charge in [0.1, 0.15) is 5.58 Å². The maximum atomic E-state index is 6.39. The van der Waals surface area contributed by atoms with Gasteiger partial charge in [0, 0.05) is 42.8 Å². The fourth-order valence-corrected chi connectivity index (χ4v) is 10.2. The standard InChI is InChI=1S/C34H23N2O.C18H24NSi.Ir/c1-34(2)27-14-5-3-10-22(27)23-19-18-21(20-28(23)34)36-30-16-7-6-15-29(30)35-33(36)26-13-9-12-25-24-11-4-8-17-31(24)37-32(25)26;1-14(2)11-16-12-17(15-9-7-6-8-10-15)19-13-18(16)20(3,4)5;/h3-12,14-20H,1-2H3;6-9,12-14H,11H2,1-5H3;/q2*-1;. The van der Waals surface area contributed by atoms with Crippen molar-refractivity contribution >= 4 is 46.2 Å². The molecule has 0 N–H and O–H groups in total. The molecule has 1 radical (unpaired) electrons. The third kappa shape index (κ3) is 6.98. The summed E-state index contributed by atoms with van der Waals surface area (Å²) in [6.07, 6.45) is 3.24. The van der Waals surface area contributed by atoms with Crippen LogP contribution in [-0.2, 0) is 31.9 Å². The normalized spacial score (nSPS) is 13.0. The van der Waals surface area contributed by atoms with Crippen molar-refractivity contribution in [1.29, 1.82) is 0 Å². The molecule has 6 aromatic carbocycles. The Kier molecular flexibility index (Phi) is 10.5. The van der Waals surface area contributed by atoms with Crippen molar-refractivity contribution in [3.8, 4) is 39.5 Å². The molecule has 9 aromatic rings. The van der Waals surface area contributed by atoms with Gasteiger partial charge in [0.15, 0.2) is 0 Å². The van der Waals surface area contributed by atoms with Crippen molar-refractivity contribution in [3.05, 3.63) is 168 Å². The minimum atomic E-state index is -1.34. The van der Waals surface area contributed by atoms with Gasteiger partial charge in [0.2, 0.25) is 0 Å². The van der Waals surface area contributed by atoms with E-state index in [1.165, 1.54) is 33.0 Å². The molecule has 291 valence electrons. The second kappa shape index (κ2) is 15.4. The van der Waals surface area contributed by atoms with E-state index in [0.29, 0.717) is 5.92 Å². The number of hydrogen-bond donors (Lipinski definition) is 0. The van der Waals surface area contributed by atoms with Crippen molar-refractivity contribution in [2.75, 3.05) is 0 Å². The average molecular weight is 950 g/mol. The summed E-state index contributed by atoms with van der Waals surface area (Å²) in [6.45, 7) is 16.4. The molecule has 4 nitrogen and oxygen atoms in total. The van der Waals surface area contributed by atoms with Crippen LogP contribution in [0.3, 0.4) is 0 Å². The zero-order chi connectivity index (χ0) is 39.5. The van der Waals surface area contributed by atoms with Gasteiger partial charge in [-0.2, -0.15) is 0 Å². The first-order valence-electron chi connectivity index (χ1n) is 20.0. The van der Waals surface area contributed by atoms with Crippen LogP contribution in [0, 0.1) is 18.1 Å². The minimum Gasteiger partial charge on any atom is -0.501 e. The molecule has 0 amide bonds. The van der Waals surface area contributed by atoms with Crippen molar-refractivity contribution in [2.45, 2.75) is 59.2 Å². The van der Waals surface area contributed by atoms with Gasteiger partial charge in [-0.3, -0.25) is 4.98 Å². The van der Waals surface area contributed by atoms with E-state index in [4.69, 9.17) is 9.40 Å². The van der Waals surface area contributed by atoms with Crippen LogP contribution in [0.15, 0.2) is 144 Å². The van der Waals surface area contributed by atoms with Gasteiger partial charge in [-0.15, -0.1) is 54.1 Å². The van der Waals surface area contributed by atoms with E-state index in [1.54, 1.807) is 0 Å². The molecule has 3 heterocycles. The first-order valence-corrected chi connectivity index (χ1v) is 23.5. The number of rotatable bonds is 6. The van der Waals surface area contributed by atoms with Crippen LogP contribution in [0.1, 0.15) is 44.4 Å². The Morgan fingerprint density at radius 3 is 2.28 bits per heavy atom. The predicted octanol–water partition coefficient (Wildman–Crippen LogP) is 13.0. The Bertz CT molecular complexity index is 2930. The maximum absolute atomic E-state index is 6.39. The fraction of sp³-hybridized carbons (Fsp3) is 0.192. The second-order valence-electron chi connectivity index (χ2n) is 17.2. The van der Waals surface area contributed by atoms with Crippen molar-refractivity contribution in [1.82, 2.24) is 14.5 Å². The summed E-state index contributed by atoms with van der Waals surface area (Å²) < 4.78 is 8.65. The molecule has 1 aliphatic rings. The topological polar surface area (TPSA) is 43.9 Å². The smallest absolute Gasteiger partial charge is 0.120 e. The summed E-state index contributed by atoms with van der Waals surface area (Å²) in [5, 5.41) is 3.67. The van der Waals surface area contributed by atoms with Gasteiger partial charge < -0.3 is 14.0 Å². The van der Waals surface area contributed by atoms with Gasteiger partial charge in [-0.25, -0.2) is 0 Å². The Morgan fingerprint density at radius 1 is 0.741 bits per heavy atom. The molecule has 58 heavy (non-hydrogen) atoms. The van der Waals surface area contributed by atoms with Crippen LogP contribution < -0.4 is 5.19 Å². The quantitative estimate of drug-likeness (QED) is 0.123. The van der Waals surface area contributed by atoms with Crippen LogP contribution >= 0.6 is 0 Å². The monoisotopic (exact) mass is 950 g/mol. The zero-order valence-corrected chi connectivity index (χ0v) is 37.5. The Labute approximate surface area is 356 Å². The van der Waals surface area contributed by atoms with Gasteiger partial charge in [-0.1, -0.05) is 131 Å². The van der Waals surface area contributed by atoms with Crippen LogP contribution in [-0.4, -0.2) is 22.6 Å². The summed E-state index contributed by atoms with van der Waals surface area (Å²) in [5.74, 6) is 1.50. The van der Waals surface area contributed by atoms with Crippen LogP contribution in [0.25, 0.3) is 72.4 Å². The second-order valence-corrected chi connectivity index (χ2v) is 22.2. The summed E-state index contributed by atoms with van der Waals surface area (Å²) >= 11 is 0. The molecule has 0 bridgehead atoms. The third-order valence-corrected chi connectivity index (χ3v) is 13.4. The predicted molar refractivity (Wildman–Crippen MR) is 240 cm³/mol. The molecule has 3 aromatic heterocycles. The molecule has 10 rings (SSSR count). The van der Waals surface area contributed by atoms with Crippen LogP contribution in [0.2, 0.25) is 19.6 Å². The first-order chi connectivity index (χ1) is 27.5. The number of para-hydroxylation sites is 3. The largest absolute Gasteiger partial charge is 0.501 e. The van der Waals surface area contributed by atoms with E-state index in [9.17, 15) is 0 Å². The molecular weight excluding hydrogens is 903 g/mol. The summed E-state index contributed by atoms with van der Waals surface area (Å²) in [6, 6.07) is 53.2. The number of aromatic nitrogens is 3. The Balaban J connectivity index is 0.000000191. The SMILES string of the molecule is CC(C)Cc1cc(-c2[c-]cccc2)ncc1[Si](C)(C)C.CC1(C)c2ccccc2-c2ccc(-n3c(-c4[c-]ccc5c4oc4ccccc45)nc4ccccc43)cc21.[Ir]. The molecular formula is C52H47IrN3OSi-2. The van der Waals surface area contributed by atoms with E-state index in [0.717, 1.165) is 67.7 Å². The number of imidazole rings is 1. The van der Waals surface area contributed by atoms with Crippen LogP contribution in [0.4, 0.5) is 0 Å². The molecule has 0 saturated heterocycles. The van der Waals surface area contributed by atoms with Crippen molar-refractivity contribution < 1.29 is 24.5 Å². The molecule has 0 spiro atoms. The first kappa shape index (κ1) is 39.4. The fourth-order valence-electron chi connectivity index (χ4n) is 8.62. The van der Waals surface area contributed by atoms with Crippen LogP contribution in [0.5, 0.6) is 0 Å². The molecule has 0 fully saturated rings. The number of furan rings is 1. The van der Waals surface area contributed by atoms with Crippen molar-refractivity contribution in [2.24, 2.45) is 5.92 Å². The molecule has 0 unspecified atom stereocenters.